The summed E-state index contributed by atoms with van der Waals surface area (Å²) in [6.45, 7) is 7.08. The van der Waals surface area contributed by atoms with Crippen molar-refractivity contribution < 1.29 is 4.74 Å². The third-order valence-corrected chi connectivity index (χ3v) is 5.11. The van der Waals surface area contributed by atoms with Crippen LogP contribution in [0, 0.1) is 17.8 Å². The van der Waals surface area contributed by atoms with Crippen LogP contribution in [0.2, 0.25) is 0 Å². The normalized spacial score (nSPS) is 44.4. The molecule has 0 aromatic rings. The summed E-state index contributed by atoms with van der Waals surface area (Å²) < 4.78 is 6.31. The Labute approximate surface area is 108 Å². The van der Waals surface area contributed by atoms with Crippen molar-refractivity contribution in [2.24, 2.45) is 17.8 Å². The van der Waals surface area contributed by atoms with Crippen LogP contribution in [0.1, 0.15) is 52.9 Å². The van der Waals surface area contributed by atoms with Gasteiger partial charge in [-0.05, 0) is 43.4 Å². The summed E-state index contributed by atoms with van der Waals surface area (Å²) >= 11 is 3.64. The maximum Gasteiger partial charge on any atom is 0.0612 e. The van der Waals surface area contributed by atoms with Gasteiger partial charge in [0.1, 0.15) is 0 Å². The fraction of sp³-hybridized carbons (Fsp3) is 1.00. The SMILES string of the molecule is CC1CCC(C(C)C)C(OC2CC(Br)C2)C1. The quantitative estimate of drug-likeness (QED) is 0.700. The molecule has 0 aromatic heterocycles. The molecule has 0 radical (unpaired) electrons. The first-order valence-electron chi connectivity index (χ1n) is 6.85. The number of ether oxygens (including phenoxy) is 1. The van der Waals surface area contributed by atoms with Crippen molar-refractivity contribution in [1.29, 1.82) is 0 Å². The van der Waals surface area contributed by atoms with Gasteiger partial charge in [-0.15, -0.1) is 0 Å². The van der Waals surface area contributed by atoms with E-state index in [1.165, 1.54) is 32.1 Å². The Hall–Kier alpha value is 0.440. The summed E-state index contributed by atoms with van der Waals surface area (Å²) in [5.41, 5.74) is 0. The molecule has 2 heteroatoms. The third kappa shape index (κ3) is 3.01. The van der Waals surface area contributed by atoms with Crippen molar-refractivity contribution >= 4 is 15.9 Å². The van der Waals surface area contributed by atoms with Gasteiger partial charge >= 0.3 is 0 Å². The fourth-order valence-electron chi connectivity index (χ4n) is 3.13. The molecule has 2 aliphatic rings. The van der Waals surface area contributed by atoms with Crippen LogP contribution in [0.15, 0.2) is 0 Å². The van der Waals surface area contributed by atoms with E-state index in [1.807, 2.05) is 0 Å². The molecule has 0 N–H and O–H groups in total. The van der Waals surface area contributed by atoms with E-state index in [0.717, 1.165) is 22.6 Å². The van der Waals surface area contributed by atoms with E-state index in [2.05, 4.69) is 36.7 Å². The highest BCUT2D eigenvalue weighted by atomic mass is 79.9. The van der Waals surface area contributed by atoms with Crippen molar-refractivity contribution in [3.63, 3.8) is 0 Å². The van der Waals surface area contributed by atoms with E-state index < -0.39 is 0 Å². The molecular weight excluding hydrogens is 264 g/mol. The first-order valence-corrected chi connectivity index (χ1v) is 7.77. The lowest BCUT2D eigenvalue weighted by atomic mass is 9.75. The number of halogens is 1. The van der Waals surface area contributed by atoms with Crippen LogP contribution in [0.4, 0.5) is 0 Å². The number of rotatable bonds is 3. The largest absolute Gasteiger partial charge is 0.375 e. The molecule has 2 rings (SSSR count). The number of hydrogen-bond acceptors (Lipinski definition) is 1. The number of hydrogen-bond donors (Lipinski definition) is 0. The zero-order valence-electron chi connectivity index (χ0n) is 10.8. The highest BCUT2D eigenvalue weighted by molar-refractivity contribution is 9.09. The van der Waals surface area contributed by atoms with Crippen LogP contribution in [-0.2, 0) is 4.74 Å². The van der Waals surface area contributed by atoms with Crippen LogP contribution in [0.5, 0.6) is 0 Å². The molecule has 0 aromatic carbocycles. The van der Waals surface area contributed by atoms with E-state index >= 15 is 0 Å². The first-order chi connectivity index (χ1) is 7.56. The Balaban J connectivity index is 1.87. The molecule has 2 fully saturated rings. The molecular formula is C14H25BrO. The van der Waals surface area contributed by atoms with E-state index in [1.54, 1.807) is 0 Å². The lowest BCUT2D eigenvalue weighted by Gasteiger charge is -2.42. The zero-order chi connectivity index (χ0) is 11.7. The summed E-state index contributed by atoms with van der Waals surface area (Å²) in [6.07, 6.45) is 7.56. The van der Waals surface area contributed by atoms with Gasteiger partial charge in [0.05, 0.1) is 12.2 Å². The van der Waals surface area contributed by atoms with Gasteiger partial charge < -0.3 is 4.74 Å². The van der Waals surface area contributed by atoms with Crippen molar-refractivity contribution in [2.45, 2.75) is 69.9 Å². The van der Waals surface area contributed by atoms with Crippen LogP contribution in [0.3, 0.4) is 0 Å². The second-order valence-corrected chi connectivity index (χ2v) is 7.49. The molecule has 2 saturated carbocycles. The van der Waals surface area contributed by atoms with Crippen molar-refractivity contribution in [3.8, 4) is 0 Å². The molecule has 0 heterocycles. The highest BCUT2D eigenvalue weighted by Gasteiger charge is 2.36. The van der Waals surface area contributed by atoms with Crippen molar-refractivity contribution in [1.82, 2.24) is 0 Å². The third-order valence-electron chi connectivity index (χ3n) is 4.37. The minimum Gasteiger partial charge on any atom is -0.375 e. The Morgan fingerprint density at radius 1 is 1.12 bits per heavy atom. The Morgan fingerprint density at radius 2 is 1.81 bits per heavy atom. The predicted octanol–water partition coefficient (Wildman–Crippen LogP) is 4.39. The Bertz CT molecular complexity index is 223. The topological polar surface area (TPSA) is 9.23 Å². The lowest BCUT2D eigenvalue weighted by molar-refractivity contribution is -0.103. The summed E-state index contributed by atoms with van der Waals surface area (Å²) in [7, 11) is 0. The molecule has 16 heavy (non-hydrogen) atoms. The summed E-state index contributed by atoms with van der Waals surface area (Å²) in [6, 6.07) is 0. The lowest BCUT2D eigenvalue weighted by Crippen LogP contribution is -2.41. The average molecular weight is 289 g/mol. The molecule has 94 valence electrons. The van der Waals surface area contributed by atoms with Gasteiger partial charge in [-0.1, -0.05) is 43.1 Å². The molecule has 0 aliphatic heterocycles. The van der Waals surface area contributed by atoms with Gasteiger partial charge in [-0.2, -0.15) is 0 Å². The Kier molecular flexibility index (Phi) is 4.34. The van der Waals surface area contributed by atoms with Crippen LogP contribution >= 0.6 is 15.9 Å². The van der Waals surface area contributed by atoms with Crippen molar-refractivity contribution in [2.75, 3.05) is 0 Å². The predicted molar refractivity (Wildman–Crippen MR) is 72.0 cm³/mol. The molecule has 0 amide bonds. The molecule has 1 nitrogen and oxygen atoms in total. The minimum absolute atomic E-state index is 0.536. The molecule has 3 unspecified atom stereocenters. The maximum absolute atomic E-state index is 6.31. The monoisotopic (exact) mass is 288 g/mol. The second-order valence-electron chi connectivity index (χ2n) is 6.19. The van der Waals surface area contributed by atoms with Gasteiger partial charge in [-0.25, -0.2) is 0 Å². The van der Waals surface area contributed by atoms with Gasteiger partial charge in [-0.3, -0.25) is 0 Å². The smallest absolute Gasteiger partial charge is 0.0612 e. The van der Waals surface area contributed by atoms with E-state index in [9.17, 15) is 0 Å². The first kappa shape index (κ1) is 12.9. The standard InChI is InChI=1S/C14H25BrO/c1-9(2)13-5-4-10(3)6-14(13)16-12-7-11(15)8-12/h9-14H,4-8H2,1-3H3. The average Bonchev–Trinajstić information content (AvgIpc) is 2.15. The zero-order valence-corrected chi connectivity index (χ0v) is 12.4. The Morgan fingerprint density at radius 3 is 2.38 bits per heavy atom. The fourth-order valence-corrected chi connectivity index (χ4v) is 3.96. The summed E-state index contributed by atoms with van der Waals surface area (Å²) in [5.74, 6) is 2.43. The van der Waals surface area contributed by atoms with Crippen LogP contribution < -0.4 is 0 Å². The molecule has 3 atom stereocenters. The van der Waals surface area contributed by atoms with E-state index in [0.29, 0.717) is 12.2 Å². The molecule has 0 saturated heterocycles. The minimum atomic E-state index is 0.536. The molecule has 0 bridgehead atoms. The van der Waals surface area contributed by atoms with Gasteiger partial charge in [0, 0.05) is 4.83 Å². The van der Waals surface area contributed by atoms with Gasteiger partial charge in [0.2, 0.25) is 0 Å². The van der Waals surface area contributed by atoms with E-state index in [-0.39, 0.29) is 0 Å². The van der Waals surface area contributed by atoms with Gasteiger partial charge in [0.15, 0.2) is 0 Å². The van der Waals surface area contributed by atoms with Crippen molar-refractivity contribution in [3.05, 3.63) is 0 Å². The highest BCUT2D eigenvalue weighted by Crippen LogP contribution is 2.39. The molecule has 2 aliphatic carbocycles. The van der Waals surface area contributed by atoms with Crippen LogP contribution in [-0.4, -0.2) is 17.0 Å². The maximum atomic E-state index is 6.31. The summed E-state index contributed by atoms with van der Waals surface area (Å²) in [5, 5.41) is 0. The van der Waals surface area contributed by atoms with Gasteiger partial charge in [0.25, 0.3) is 0 Å². The summed E-state index contributed by atoms with van der Waals surface area (Å²) in [4.78, 5) is 0.719. The second kappa shape index (κ2) is 5.39. The van der Waals surface area contributed by atoms with E-state index in [4.69, 9.17) is 4.74 Å². The number of alkyl halides is 1. The van der Waals surface area contributed by atoms with Crippen LogP contribution in [0.25, 0.3) is 0 Å². The molecule has 0 spiro atoms.